The van der Waals surface area contributed by atoms with Crippen LogP contribution in [-0.4, -0.2) is 22.2 Å². The summed E-state index contributed by atoms with van der Waals surface area (Å²) in [6, 6.07) is 17.4. The summed E-state index contributed by atoms with van der Waals surface area (Å²) in [5, 5.41) is 4.53. The molecular weight excluding hydrogens is 326 g/mol. The largest absolute Gasteiger partial charge is 0.488 e. The zero-order chi connectivity index (χ0) is 18.1. The van der Waals surface area contributed by atoms with Gasteiger partial charge in [-0.05, 0) is 24.3 Å². The van der Waals surface area contributed by atoms with E-state index < -0.39 is 0 Å². The van der Waals surface area contributed by atoms with Crippen LogP contribution in [0.25, 0.3) is 11.3 Å². The van der Waals surface area contributed by atoms with Gasteiger partial charge in [-0.25, -0.2) is 0 Å². The van der Waals surface area contributed by atoms with E-state index in [2.05, 4.69) is 11.7 Å². The van der Waals surface area contributed by atoms with E-state index in [1.165, 1.54) is 0 Å². The summed E-state index contributed by atoms with van der Waals surface area (Å²) in [4.78, 5) is 15.0. The van der Waals surface area contributed by atoms with Crippen molar-refractivity contribution < 1.29 is 9.53 Å². The van der Waals surface area contributed by atoms with Crippen LogP contribution >= 0.6 is 0 Å². The SMILES string of the molecule is C=CCN(C(=O)c1nn(C)c2c1COc1ccccc1-2)c1ccccc1. The number of para-hydroxylation sites is 2. The van der Waals surface area contributed by atoms with Crippen molar-refractivity contribution in [3.05, 3.63) is 78.5 Å². The summed E-state index contributed by atoms with van der Waals surface area (Å²) in [6.45, 7) is 4.52. The second-order valence-electron chi connectivity index (χ2n) is 6.12. The molecule has 130 valence electrons. The number of aryl methyl sites for hydroxylation is 1. The minimum absolute atomic E-state index is 0.157. The van der Waals surface area contributed by atoms with Gasteiger partial charge in [-0.2, -0.15) is 5.10 Å². The number of fused-ring (bicyclic) bond motifs is 3. The van der Waals surface area contributed by atoms with Crippen LogP contribution in [0, 0.1) is 0 Å². The van der Waals surface area contributed by atoms with Crippen molar-refractivity contribution in [3.8, 4) is 17.0 Å². The van der Waals surface area contributed by atoms with E-state index in [1.807, 2.05) is 61.6 Å². The second kappa shape index (κ2) is 6.52. The highest BCUT2D eigenvalue weighted by molar-refractivity contribution is 6.07. The van der Waals surface area contributed by atoms with E-state index in [9.17, 15) is 4.79 Å². The first kappa shape index (κ1) is 16.1. The molecule has 2 aromatic carbocycles. The molecule has 0 fully saturated rings. The van der Waals surface area contributed by atoms with Gasteiger partial charge in [-0.15, -0.1) is 6.58 Å². The first-order valence-electron chi connectivity index (χ1n) is 8.46. The molecule has 0 N–H and O–H groups in total. The predicted molar refractivity (Wildman–Crippen MR) is 101 cm³/mol. The van der Waals surface area contributed by atoms with Gasteiger partial charge in [0.2, 0.25) is 0 Å². The molecule has 5 heteroatoms. The smallest absolute Gasteiger partial charge is 0.279 e. The molecule has 1 aliphatic heterocycles. The molecule has 0 aliphatic carbocycles. The molecular formula is C21H19N3O2. The molecule has 5 nitrogen and oxygen atoms in total. The van der Waals surface area contributed by atoms with Crippen LogP contribution in [-0.2, 0) is 13.7 Å². The summed E-state index contributed by atoms with van der Waals surface area (Å²) >= 11 is 0. The van der Waals surface area contributed by atoms with Crippen molar-refractivity contribution in [1.29, 1.82) is 0 Å². The van der Waals surface area contributed by atoms with E-state index >= 15 is 0 Å². The molecule has 2 heterocycles. The third-order valence-corrected chi connectivity index (χ3v) is 4.49. The van der Waals surface area contributed by atoms with Crippen molar-refractivity contribution in [2.24, 2.45) is 7.05 Å². The Kier molecular flexibility index (Phi) is 4.05. The zero-order valence-electron chi connectivity index (χ0n) is 14.6. The predicted octanol–water partition coefficient (Wildman–Crippen LogP) is 3.81. The summed E-state index contributed by atoms with van der Waals surface area (Å²) in [6.07, 6.45) is 1.71. The average Bonchev–Trinajstić information content (AvgIpc) is 3.03. The molecule has 0 saturated carbocycles. The van der Waals surface area contributed by atoms with Crippen molar-refractivity contribution >= 4 is 11.6 Å². The lowest BCUT2D eigenvalue weighted by molar-refractivity contribution is 0.0982. The Morgan fingerprint density at radius 2 is 1.96 bits per heavy atom. The first-order valence-corrected chi connectivity index (χ1v) is 8.46. The van der Waals surface area contributed by atoms with Gasteiger partial charge in [0.15, 0.2) is 5.69 Å². The molecule has 1 amide bonds. The highest BCUT2D eigenvalue weighted by Gasteiger charge is 2.30. The highest BCUT2D eigenvalue weighted by atomic mass is 16.5. The summed E-state index contributed by atoms with van der Waals surface area (Å²) in [7, 11) is 1.86. The third kappa shape index (κ3) is 2.58. The lowest BCUT2D eigenvalue weighted by atomic mass is 10.0. The molecule has 0 unspecified atom stereocenters. The molecule has 0 bridgehead atoms. The Morgan fingerprint density at radius 3 is 2.73 bits per heavy atom. The Labute approximate surface area is 152 Å². The fourth-order valence-electron chi connectivity index (χ4n) is 3.32. The Morgan fingerprint density at radius 1 is 1.23 bits per heavy atom. The normalized spacial score (nSPS) is 11.9. The Bertz CT molecular complexity index is 976. The lowest BCUT2D eigenvalue weighted by Gasteiger charge is -2.22. The molecule has 0 saturated heterocycles. The number of hydrogen-bond acceptors (Lipinski definition) is 3. The maximum Gasteiger partial charge on any atom is 0.279 e. The third-order valence-electron chi connectivity index (χ3n) is 4.49. The summed E-state index contributed by atoms with van der Waals surface area (Å²) in [5.41, 5.74) is 3.94. The zero-order valence-corrected chi connectivity index (χ0v) is 14.6. The monoisotopic (exact) mass is 345 g/mol. The number of carbonyl (C=O) groups is 1. The number of anilines is 1. The van der Waals surface area contributed by atoms with Gasteiger partial charge in [0.05, 0.1) is 5.69 Å². The number of amides is 1. The lowest BCUT2D eigenvalue weighted by Crippen LogP contribution is -2.32. The van der Waals surface area contributed by atoms with E-state index in [4.69, 9.17) is 4.74 Å². The highest BCUT2D eigenvalue weighted by Crippen LogP contribution is 2.38. The van der Waals surface area contributed by atoms with Gasteiger partial charge in [0.1, 0.15) is 12.4 Å². The maximum atomic E-state index is 13.3. The Balaban J connectivity index is 1.80. The number of rotatable bonds is 4. The molecule has 3 aromatic rings. The van der Waals surface area contributed by atoms with Crippen LogP contribution in [0.15, 0.2) is 67.3 Å². The van der Waals surface area contributed by atoms with Crippen LogP contribution in [0.4, 0.5) is 5.69 Å². The maximum absolute atomic E-state index is 13.3. The Hall–Kier alpha value is -3.34. The van der Waals surface area contributed by atoms with Gasteiger partial charge < -0.3 is 9.64 Å². The average molecular weight is 345 g/mol. The van der Waals surface area contributed by atoms with Gasteiger partial charge in [-0.1, -0.05) is 36.4 Å². The molecule has 1 aliphatic rings. The summed E-state index contributed by atoms with van der Waals surface area (Å²) in [5.74, 6) is 0.656. The number of benzene rings is 2. The minimum Gasteiger partial charge on any atom is -0.488 e. The molecule has 1 aromatic heterocycles. The van der Waals surface area contributed by atoms with Crippen molar-refractivity contribution in [1.82, 2.24) is 9.78 Å². The van der Waals surface area contributed by atoms with Crippen molar-refractivity contribution in [2.45, 2.75) is 6.61 Å². The van der Waals surface area contributed by atoms with Crippen LogP contribution in [0.3, 0.4) is 0 Å². The summed E-state index contributed by atoms with van der Waals surface area (Å²) < 4.78 is 7.62. The molecule has 0 radical (unpaired) electrons. The van der Waals surface area contributed by atoms with Gasteiger partial charge in [-0.3, -0.25) is 9.48 Å². The van der Waals surface area contributed by atoms with E-state index in [0.29, 0.717) is 18.8 Å². The standard InChI is InChI=1S/C21H19N3O2/c1-3-13-24(15-9-5-4-6-10-15)21(25)19-17-14-26-18-12-8-7-11-16(18)20(17)23(2)22-19/h3-12H,1,13-14H2,2H3. The van der Waals surface area contributed by atoms with E-state index in [0.717, 1.165) is 28.3 Å². The van der Waals surface area contributed by atoms with Crippen molar-refractivity contribution in [3.63, 3.8) is 0 Å². The van der Waals surface area contributed by atoms with Gasteiger partial charge in [0.25, 0.3) is 5.91 Å². The molecule has 0 atom stereocenters. The van der Waals surface area contributed by atoms with E-state index in [1.54, 1.807) is 15.7 Å². The first-order chi connectivity index (χ1) is 12.7. The molecule has 26 heavy (non-hydrogen) atoms. The van der Waals surface area contributed by atoms with Crippen LogP contribution in [0.5, 0.6) is 5.75 Å². The number of nitrogens with zero attached hydrogens (tertiary/aromatic N) is 3. The van der Waals surface area contributed by atoms with Crippen molar-refractivity contribution in [2.75, 3.05) is 11.4 Å². The number of ether oxygens (including phenoxy) is 1. The molecule has 0 spiro atoms. The molecule has 4 rings (SSSR count). The number of carbonyl (C=O) groups excluding carboxylic acids is 1. The number of aromatic nitrogens is 2. The van der Waals surface area contributed by atoms with Crippen LogP contribution in [0.1, 0.15) is 16.1 Å². The second-order valence-corrected chi connectivity index (χ2v) is 6.12. The topological polar surface area (TPSA) is 47.4 Å². The minimum atomic E-state index is -0.157. The quantitative estimate of drug-likeness (QED) is 0.676. The fraction of sp³-hybridized carbons (Fsp3) is 0.143. The fourth-order valence-corrected chi connectivity index (χ4v) is 3.32. The van der Waals surface area contributed by atoms with Gasteiger partial charge >= 0.3 is 0 Å². The van der Waals surface area contributed by atoms with Crippen LogP contribution in [0.2, 0.25) is 0 Å². The number of hydrogen-bond donors (Lipinski definition) is 0. The van der Waals surface area contributed by atoms with E-state index in [-0.39, 0.29) is 5.91 Å². The van der Waals surface area contributed by atoms with Crippen LogP contribution < -0.4 is 9.64 Å². The van der Waals surface area contributed by atoms with Gasteiger partial charge in [0, 0.05) is 30.4 Å².